The molecular weight excluding hydrogens is 526 g/mol. The lowest BCUT2D eigenvalue weighted by Crippen LogP contribution is -2.35. The van der Waals surface area contributed by atoms with Crippen LogP contribution in [0.3, 0.4) is 0 Å². The Balaban J connectivity index is 1.18. The second kappa shape index (κ2) is 10.9. The van der Waals surface area contributed by atoms with Gasteiger partial charge in [-0.25, -0.2) is 14.8 Å². The predicted molar refractivity (Wildman–Crippen MR) is 153 cm³/mol. The number of imidazole rings is 1. The SMILES string of the molecule is Nc1ccccc1NC(=O)c1ccc(C2(c3nc(COC(=O)c4ccn5ccnc5c4)cs3)CCOCC2)cc1. The summed E-state index contributed by atoms with van der Waals surface area (Å²) < 4.78 is 13.1. The zero-order chi connectivity index (χ0) is 27.5. The molecule has 6 rings (SSSR count). The van der Waals surface area contributed by atoms with Crippen molar-refractivity contribution in [1.82, 2.24) is 14.4 Å². The van der Waals surface area contributed by atoms with E-state index in [1.165, 1.54) is 0 Å². The van der Waals surface area contributed by atoms with Crippen LogP contribution in [0.5, 0.6) is 0 Å². The van der Waals surface area contributed by atoms with Crippen LogP contribution in [-0.2, 0) is 21.5 Å². The van der Waals surface area contributed by atoms with Gasteiger partial charge >= 0.3 is 5.97 Å². The molecule has 1 aliphatic rings. The summed E-state index contributed by atoms with van der Waals surface area (Å²) in [6.07, 6.45) is 6.79. The van der Waals surface area contributed by atoms with Crippen LogP contribution < -0.4 is 11.1 Å². The Labute approximate surface area is 234 Å². The normalized spacial score (nSPS) is 14.6. The number of nitrogens with two attached hydrogens (primary N) is 1. The number of thiazole rings is 1. The maximum Gasteiger partial charge on any atom is 0.338 e. The summed E-state index contributed by atoms with van der Waals surface area (Å²) in [7, 11) is 0. The minimum atomic E-state index is -0.424. The maximum atomic E-state index is 12.8. The van der Waals surface area contributed by atoms with E-state index in [1.807, 2.05) is 52.4 Å². The largest absolute Gasteiger partial charge is 0.456 e. The van der Waals surface area contributed by atoms with E-state index < -0.39 is 5.97 Å². The number of rotatable bonds is 7. The van der Waals surface area contributed by atoms with E-state index in [0.29, 0.717) is 47.1 Å². The highest BCUT2D eigenvalue weighted by molar-refractivity contribution is 7.09. The lowest BCUT2D eigenvalue weighted by molar-refractivity contribution is 0.0467. The summed E-state index contributed by atoms with van der Waals surface area (Å²) in [6.45, 7) is 1.29. The van der Waals surface area contributed by atoms with E-state index in [-0.39, 0.29) is 17.9 Å². The van der Waals surface area contributed by atoms with Crippen molar-refractivity contribution in [2.24, 2.45) is 0 Å². The van der Waals surface area contributed by atoms with Crippen molar-refractivity contribution in [3.05, 3.63) is 112 Å². The first kappa shape index (κ1) is 25.7. The third kappa shape index (κ3) is 5.06. The van der Waals surface area contributed by atoms with Crippen molar-refractivity contribution in [2.75, 3.05) is 24.3 Å². The monoisotopic (exact) mass is 553 g/mol. The molecule has 1 fully saturated rings. The maximum absolute atomic E-state index is 12.8. The molecule has 3 N–H and O–H groups in total. The Bertz CT molecular complexity index is 1670. The zero-order valence-corrected chi connectivity index (χ0v) is 22.4. The first-order valence-electron chi connectivity index (χ1n) is 12.9. The van der Waals surface area contributed by atoms with Crippen molar-refractivity contribution in [3.63, 3.8) is 0 Å². The van der Waals surface area contributed by atoms with Gasteiger partial charge in [0.25, 0.3) is 5.91 Å². The van der Waals surface area contributed by atoms with Crippen LogP contribution in [0, 0.1) is 0 Å². The number of fused-ring (bicyclic) bond motifs is 1. The second-order valence-electron chi connectivity index (χ2n) is 9.64. The number of nitrogen functional groups attached to an aromatic ring is 1. The number of anilines is 2. The number of nitrogens with one attached hydrogen (secondary N) is 1. The van der Waals surface area contributed by atoms with Crippen LogP contribution in [0.25, 0.3) is 5.65 Å². The number of amides is 1. The fourth-order valence-corrected chi connectivity index (χ4v) is 6.03. The lowest BCUT2D eigenvalue weighted by Gasteiger charge is -2.36. The molecule has 1 saturated heterocycles. The molecule has 0 saturated carbocycles. The summed E-state index contributed by atoms with van der Waals surface area (Å²) in [5.41, 5.74) is 10.1. The van der Waals surface area contributed by atoms with E-state index in [4.69, 9.17) is 20.2 Å². The topological polar surface area (TPSA) is 121 Å². The Hall–Kier alpha value is -4.54. The average Bonchev–Trinajstić information content (AvgIpc) is 3.67. The number of esters is 1. The lowest BCUT2D eigenvalue weighted by atomic mass is 9.74. The van der Waals surface area contributed by atoms with Gasteiger partial charge in [-0.15, -0.1) is 11.3 Å². The first-order chi connectivity index (χ1) is 19.5. The third-order valence-corrected chi connectivity index (χ3v) is 8.30. The van der Waals surface area contributed by atoms with E-state index in [2.05, 4.69) is 10.3 Å². The number of carbonyl (C=O) groups excluding carboxylic acids is 2. The van der Waals surface area contributed by atoms with Gasteiger partial charge in [-0.3, -0.25) is 4.79 Å². The average molecular weight is 554 g/mol. The predicted octanol–water partition coefficient (Wildman–Crippen LogP) is 5.08. The Kier molecular flexibility index (Phi) is 7.02. The molecule has 1 amide bonds. The number of nitrogens with zero attached hydrogens (tertiary/aromatic N) is 3. The van der Waals surface area contributed by atoms with Gasteiger partial charge in [-0.05, 0) is 54.8 Å². The quantitative estimate of drug-likeness (QED) is 0.213. The number of hydrogen-bond donors (Lipinski definition) is 2. The molecule has 4 heterocycles. The molecule has 0 unspecified atom stereocenters. The van der Waals surface area contributed by atoms with Gasteiger partial charge in [0.2, 0.25) is 0 Å². The molecule has 2 aromatic carbocycles. The Morgan fingerprint density at radius 1 is 1.05 bits per heavy atom. The number of benzene rings is 2. The molecule has 202 valence electrons. The summed E-state index contributed by atoms with van der Waals surface area (Å²) >= 11 is 1.55. The summed E-state index contributed by atoms with van der Waals surface area (Å²) in [5.74, 6) is -0.650. The van der Waals surface area contributed by atoms with Gasteiger partial charge in [-0.1, -0.05) is 24.3 Å². The summed E-state index contributed by atoms with van der Waals surface area (Å²) in [5, 5.41) is 5.75. The van der Waals surface area contributed by atoms with Crippen molar-refractivity contribution < 1.29 is 19.1 Å². The van der Waals surface area contributed by atoms with E-state index in [1.54, 1.807) is 48.0 Å². The number of para-hydroxylation sites is 2. The molecule has 0 spiro atoms. The number of carbonyl (C=O) groups is 2. The van der Waals surface area contributed by atoms with Crippen LogP contribution in [0.15, 0.2) is 84.6 Å². The van der Waals surface area contributed by atoms with Crippen LogP contribution in [0.4, 0.5) is 11.4 Å². The Morgan fingerprint density at radius 2 is 1.85 bits per heavy atom. The molecule has 0 aliphatic carbocycles. The minimum Gasteiger partial charge on any atom is -0.456 e. The van der Waals surface area contributed by atoms with Gasteiger partial charge in [0.1, 0.15) is 17.3 Å². The smallest absolute Gasteiger partial charge is 0.338 e. The van der Waals surface area contributed by atoms with Crippen molar-refractivity contribution in [2.45, 2.75) is 24.9 Å². The van der Waals surface area contributed by atoms with Crippen molar-refractivity contribution in [3.8, 4) is 0 Å². The van der Waals surface area contributed by atoms with Crippen molar-refractivity contribution >= 4 is 40.2 Å². The van der Waals surface area contributed by atoms with E-state index in [9.17, 15) is 9.59 Å². The molecule has 0 radical (unpaired) electrons. The van der Waals surface area contributed by atoms with Gasteiger partial charge in [0.15, 0.2) is 0 Å². The molecule has 0 atom stereocenters. The second-order valence-corrected chi connectivity index (χ2v) is 10.5. The molecular formula is C30H27N5O4S. The highest BCUT2D eigenvalue weighted by Gasteiger charge is 2.39. The Morgan fingerprint density at radius 3 is 2.65 bits per heavy atom. The standard InChI is InChI=1S/C30H27N5O4S/c31-24-3-1-2-4-25(24)34-27(36)20-5-7-22(8-6-20)30(10-15-38-16-11-30)29-33-23(19-40-29)18-39-28(37)21-9-13-35-14-12-32-26(35)17-21/h1-9,12-14,17,19H,10-11,15-16,18,31H2,(H,34,36). The number of aromatic nitrogens is 3. The molecule has 5 aromatic rings. The molecule has 0 bridgehead atoms. The highest BCUT2D eigenvalue weighted by Crippen LogP contribution is 2.42. The fraction of sp³-hybridized carbons (Fsp3) is 0.200. The van der Waals surface area contributed by atoms with Gasteiger partial charge < -0.3 is 24.9 Å². The van der Waals surface area contributed by atoms with Gasteiger partial charge in [0.05, 0.1) is 28.0 Å². The minimum absolute atomic E-state index is 0.0727. The van der Waals surface area contributed by atoms with Crippen LogP contribution >= 0.6 is 11.3 Å². The van der Waals surface area contributed by atoms with Crippen LogP contribution in [-0.4, -0.2) is 39.5 Å². The van der Waals surface area contributed by atoms with Gasteiger partial charge in [0, 0.05) is 42.7 Å². The van der Waals surface area contributed by atoms with Crippen molar-refractivity contribution in [1.29, 1.82) is 0 Å². The summed E-state index contributed by atoms with van der Waals surface area (Å²) in [6, 6.07) is 18.2. The number of pyridine rings is 1. The van der Waals surface area contributed by atoms with Gasteiger partial charge in [-0.2, -0.15) is 0 Å². The highest BCUT2D eigenvalue weighted by atomic mass is 32.1. The molecule has 1 aliphatic heterocycles. The summed E-state index contributed by atoms with van der Waals surface area (Å²) in [4.78, 5) is 34.6. The van der Waals surface area contributed by atoms with E-state index in [0.717, 1.165) is 23.4 Å². The fourth-order valence-electron chi connectivity index (χ4n) is 4.94. The molecule has 9 nitrogen and oxygen atoms in total. The van der Waals surface area contributed by atoms with Crippen LogP contribution in [0.2, 0.25) is 0 Å². The zero-order valence-electron chi connectivity index (χ0n) is 21.6. The number of ether oxygens (including phenoxy) is 2. The number of hydrogen-bond acceptors (Lipinski definition) is 8. The molecule has 3 aromatic heterocycles. The van der Waals surface area contributed by atoms with E-state index >= 15 is 0 Å². The molecule has 40 heavy (non-hydrogen) atoms. The first-order valence-corrected chi connectivity index (χ1v) is 13.8. The van der Waals surface area contributed by atoms with Crippen LogP contribution in [0.1, 0.15) is 49.8 Å². The molecule has 10 heteroatoms. The third-order valence-electron chi connectivity index (χ3n) is 7.20.